The van der Waals surface area contributed by atoms with Gasteiger partial charge in [0.05, 0.1) is 0 Å². The predicted molar refractivity (Wildman–Crippen MR) is 75.2 cm³/mol. The summed E-state index contributed by atoms with van der Waals surface area (Å²) in [7, 11) is 0. The minimum atomic E-state index is -0.218. The number of nitrogens with zero attached hydrogens (tertiary/aromatic N) is 1. The molecule has 19 heavy (non-hydrogen) atoms. The van der Waals surface area contributed by atoms with Crippen LogP contribution in [0.15, 0.2) is 42.6 Å². The van der Waals surface area contributed by atoms with E-state index in [-0.39, 0.29) is 11.9 Å². The van der Waals surface area contributed by atoms with Gasteiger partial charge >= 0.3 is 0 Å². The van der Waals surface area contributed by atoms with Crippen LogP contribution in [-0.2, 0) is 6.42 Å². The van der Waals surface area contributed by atoms with Crippen LogP contribution in [0.3, 0.4) is 0 Å². The zero-order chi connectivity index (χ0) is 13.7. The summed E-state index contributed by atoms with van der Waals surface area (Å²) >= 11 is 0. The van der Waals surface area contributed by atoms with Crippen LogP contribution in [0.5, 0.6) is 0 Å². The minimum Gasteiger partial charge on any atom is -0.383 e. The van der Waals surface area contributed by atoms with Crippen LogP contribution < -0.4 is 11.1 Å². The van der Waals surface area contributed by atoms with Gasteiger partial charge in [0.2, 0.25) is 0 Å². The minimum absolute atomic E-state index is 0.0872. The second-order valence-corrected chi connectivity index (χ2v) is 4.42. The molecule has 2 aromatic rings. The molecule has 0 saturated carbocycles. The van der Waals surface area contributed by atoms with Gasteiger partial charge < -0.3 is 11.1 Å². The molecule has 100 valence electrons. The highest BCUT2D eigenvalue weighted by Crippen LogP contribution is 2.22. The number of benzene rings is 1. The average Bonchev–Trinajstić information content (AvgIpc) is 2.41. The van der Waals surface area contributed by atoms with Crippen molar-refractivity contribution in [3.8, 4) is 0 Å². The maximum atomic E-state index is 12.9. The highest BCUT2D eigenvalue weighted by atomic mass is 19.1. The highest BCUT2D eigenvalue weighted by molar-refractivity contribution is 5.41. The molecule has 0 aliphatic heterocycles. The Hall–Kier alpha value is -1.94. The summed E-state index contributed by atoms with van der Waals surface area (Å²) in [4.78, 5) is 4.12. The van der Waals surface area contributed by atoms with Gasteiger partial charge in [0.15, 0.2) is 0 Å². The van der Waals surface area contributed by atoms with Crippen LogP contribution >= 0.6 is 0 Å². The van der Waals surface area contributed by atoms with Gasteiger partial charge in [-0.1, -0.05) is 25.1 Å². The molecule has 2 rings (SSSR count). The summed E-state index contributed by atoms with van der Waals surface area (Å²) in [5.41, 5.74) is 7.96. The van der Waals surface area contributed by atoms with Crippen LogP contribution in [0.2, 0.25) is 0 Å². The molecule has 0 spiro atoms. The highest BCUT2D eigenvalue weighted by Gasteiger charge is 2.14. The van der Waals surface area contributed by atoms with Crippen molar-refractivity contribution in [2.45, 2.75) is 19.4 Å². The number of hydrogen-bond acceptors (Lipinski definition) is 3. The Morgan fingerprint density at radius 3 is 2.63 bits per heavy atom. The number of aromatic nitrogens is 1. The van der Waals surface area contributed by atoms with Crippen molar-refractivity contribution in [2.75, 3.05) is 12.3 Å². The van der Waals surface area contributed by atoms with Gasteiger partial charge in [-0.05, 0) is 36.7 Å². The van der Waals surface area contributed by atoms with Crippen LogP contribution in [0, 0.1) is 5.82 Å². The maximum Gasteiger partial charge on any atom is 0.128 e. The van der Waals surface area contributed by atoms with Gasteiger partial charge in [0.25, 0.3) is 0 Å². The molecule has 1 aromatic heterocycles. The molecule has 4 heteroatoms. The number of rotatable bonds is 5. The summed E-state index contributed by atoms with van der Waals surface area (Å²) in [6.07, 6.45) is 2.43. The van der Waals surface area contributed by atoms with Gasteiger partial charge in [-0.25, -0.2) is 9.37 Å². The molecule has 1 heterocycles. The molecule has 3 nitrogen and oxygen atoms in total. The Labute approximate surface area is 112 Å². The third kappa shape index (κ3) is 3.51. The first-order valence-corrected chi connectivity index (χ1v) is 6.39. The number of nitrogens with one attached hydrogen (secondary N) is 1. The quantitative estimate of drug-likeness (QED) is 0.868. The standard InChI is InChI=1S/C15H18FN3/c1-2-18-14(13-4-3-9-19-15(13)17)10-11-5-7-12(16)8-6-11/h3-9,14,18H,2,10H2,1H3,(H2,17,19). The summed E-state index contributed by atoms with van der Waals surface area (Å²) in [5.74, 6) is 0.320. The van der Waals surface area contributed by atoms with Crippen molar-refractivity contribution in [1.82, 2.24) is 10.3 Å². The lowest BCUT2D eigenvalue weighted by Crippen LogP contribution is -2.24. The number of likely N-dealkylation sites (N-methyl/N-ethyl adjacent to an activating group) is 1. The smallest absolute Gasteiger partial charge is 0.128 e. The second kappa shape index (κ2) is 6.29. The fourth-order valence-electron chi connectivity index (χ4n) is 2.12. The number of hydrogen-bond donors (Lipinski definition) is 2. The van der Waals surface area contributed by atoms with E-state index >= 15 is 0 Å². The lowest BCUT2D eigenvalue weighted by molar-refractivity contribution is 0.549. The molecule has 0 aliphatic carbocycles. The van der Waals surface area contributed by atoms with Crippen molar-refractivity contribution in [3.05, 3.63) is 59.5 Å². The fraction of sp³-hybridized carbons (Fsp3) is 0.267. The average molecular weight is 259 g/mol. The van der Waals surface area contributed by atoms with E-state index in [1.165, 1.54) is 12.1 Å². The monoisotopic (exact) mass is 259 g/mol. The Kier molecular flexibility index (Phi) is 4.47. The topological polar surface area (TPSA) is 50.9 Å². The Bertz CT molecular complexity index is 525. The Morgan fingerprint density at radius 2 is 2.00 bits per heavy atom. The zero-order valence-corrected chi connectivity index (χ0v) is 10.9. The number of nitrogens with two attached hydrogens (primary N) is 1. The normalized spacial score (nSPS) is 12.3. The molecular formula is C15H18FN3. The summed E-state index contributed by atoms with van der Waals surface area (Å²) in [6, 6.07) is 10.5. The third-order valence-corrected chi connectivity index (χ3v) is 3.05. The van der Waals surface area contributed by atoms with Crippen LogP contribution in [-0.4, -0.2) is 11.5 Å². The molecule has 0 aliphatic rings. The first-order chi connectivity index (χ1) is 9.20. The number of nitrogen functional groups attached to an aromatic ring is 1. The predicted octanol–water partition coefficient (Wildman–Crippen LogP) is 2.70. The Morgan fingerprint density at radius 1 is 1.26 bits per heavy atom. The molecular weight excluding hydrogens is 241 g/mol. The third-order valence-electron chi connectivity index (χ3n) is 3.05. The molecule has 0 bridgehead atoms. The van der Waals surface area contributed by atoms with Crippen LogP contribution in [0.4, 0.5) is 10.2 Å². The van der Waals surface area contributed by atoms with E-state index in [0.717, 1.165) is 24.1 Å². The lowest BCUT2D eigenvalue weighted by Gasteiger charge is -2.19. The Balaban J connectivity index is 2.21. The van der Waals surface area contributed by atoms with E-state index < -0.39 is 0 Å². The van der Waals surface area contributed by atoms with Crippen molar-refractivity contribution in [1.29, 1.82) is 0 Å². The van der Waals surface area contributed by atoms with Crippen LogP contribution in [0.1, 0.15) is 24.1 Å². The van der Waals surface area contributed by atoms with Crippen molar-refractivity contribution >= 4 is 5.82 Å². The van der Waals surface area contributed by atoms with Gasteiger partial charge in [0.1, 0.15) is 11.6 Å². The summed E-state index contributed by atoms with van der Waals surface area (Å²) in [6.45, 7) is 2.88. The number of anilines is 1. The van der Waals surface area contributed by atoms with E-state index in [2.05, 4.69) is 10.3 Å². The molecule has 1 atom stereocenters. The second-order valence-electron chi connectivity index (χ2n) is 4.42. The maximum absolute atomic E-state index is 12.9. The molecule has 0 amide bonds. The molecule has 0 fully saturated rings. The largest absolute Gasteiger partial charge is 0.383 e. The van der Waals surface area contributed by atoms with Gasteiger partial charge in [-0.2, -0.15) is 0 Å². The zero-order valence-electron chi connectivity index (χ0n) is 10.9. The van der Waals surface area contributed by atoms with E-state index in [1.807, 2.05) is 19.1 Å². The van der Waals surface area contributed by atoms with E-state index in [1.54, 1.807) is 18.3 Å². The van der Waals surface area contributed by atoms with Crippen LogP contribution in [0.25, 0.3) is 0 Å². The number of halogens is 1. The van der Waals surface area contributed by atoms with Gasteiger partial charge in [-0.15, -0.1) is 0 Å². The summed E-state index contributed by atoms with van der Waals surface area (Å²) < 4.78 is 12.9. The van der Waals surface area contributed by atoms with Crippen molar-refractivity contribution < 1.29 is 4.39 Å². The van der Waals surface area contributed by atoms with E-state index in [0.29, 0.717) is 5.82 Å². The summed E-state index contributed by atoms with van der Waals surface area (Å²) in [5, 5.41) is 3.39. The molecule has 1 unspecified atom stereocenters. The molecule has 0 saturated heterocycles. The van der Waals surface area contributed by atoms with Gasteiger partial charge in [-0.3, -0.25) is 0 Å². The first-order valence-electron chi connectivity index (χ1n) is 6.39. The molecule has 3 N–H and O–H groups in total. The van der Waals surface area contributed by atoms with Crippen molar-refractivity contribution in [3.63, 3.8) is 0 Å². The SMILES string of the molecule is CCNC(Cc1ccc(F)cc1)c1cccnc1N. The van der Waals surface area contributed by atoms with E-state index in [9.17, 15) is 4.39 Å². The van der Waals surface area contributed by atoms with Crippen molar-refractivity contribution in [2.24, 2.45) is 0 Å². The molecule has 0 radical (unpaired) electrons. The molecule has 1 aromatic carbocycles. The van der Waals surface area contributed by atoms with E-state index in [4.69, 9.17) is 5.73 Å². The number of pyridine rings is 1. The fourth-order valence-corrected chi connectivity index (χ4v) is 2.12. The van der Waals surface area contributed by atoms with Gasteiger partial charge in [0, 0.05) is 17.8 Å². The first kappa shape index (κ1) is 13.5. The lowest BCUT2D eigenvalue weighted by atomic mass is 9.99.